The van der Waals surface area contributed by atoms with Gasteiger partial charge >= 0.3 is 0 Å². The quantitative estimate of drug-likeness (QED) is 0.660. The highest BCUT2D eigenvalue weighted by Gasteiger charge is 2.16. The van der Waals surface area contributed by atoms with Gasteiger partial charge in [0, 0.05) is 37.5 Å². The summed E-state index contributed by atoms with van der Waals surface area (Å²) >= 11 is 0. The summed E-state index contributed by atoms with van der Waals surface area (Å²) in [6, 6.07) is 9.29. The Bertz CT molecular complexity index is 998. The lowest BCUT2D eigenvalue weighted by Gasteiger charge is -2.12. The molecule has 2 aromatic rings. The van der Waals surface area contributed by atoms with E-state index >= 15 is 0 Å². The Kier molecular flexibility index (Phi) is 7.24. The van der Waals surface area contributed by atoms with Gasteiger partial charge in [-0.05, 0) is 36.4 Å². The maximum atomic E-state index is 12.2. The number of carbonyl (C=O) groups excluding carboxylic acids is 1. The van der Waals surface area contributed by atoms with Gasteiger partial charge in [0.1, 0.15) is 5.75 Å². The molecule has 2 rings (SSSR count). The summed E-state index contributed by atoms with van der Waals surface area (Å²) in [4.78, 5) is 12.4. The maximum absolute atomic E-state index is 12.2. The zero-order chi connectivity index (χ0) is 21.6. The molecule has 0 saturated heterocycles. The summed E-state index contributed by atoms with van der Waals surface area (Å²) in [5.74, 6) is 1.15. The number of amides is 1. The number of hydrogen-bond donors (Lipinski definition) is 1. The van der Waals surface area contributed by atoms with Crippen molar-refractivity contribution >= 4 is 27.7 Å². The summed E-state index contributed by atoms with van der Waals surface area (Å²) in [7, 11) is 3.95. The summed E-state index contributed by atoms with van der Waals surface area (Å²) in [6.07, 6.45) is 2.93. The van der Waals surface area contributed by atoms with E-state index in [-0.39, 0.29) is 10.8 Å². The third-order valence-electron chi connectivity index (χ3n) is 4.05. The van der Waals surface area contributed by atoms with E-state index in [2.05, 4.69) is 5.32 Å². The highest BCUT2D eigenvalue weighted by atomic mass is 32.2. The predicted molar refractivity (Wildman–Crippen MR) is 111 cm³/mol. The van der Waals surface area contributed by atoms with E-state index in [1.165, 1.54) is 65.8 Å². The van der Waals surface area contributed by atoms with Crippen molar-refractivity contribution in [3.05, 3.63) is 48.0 Å². The Morgan fingerprint density at radius 1 is 0.931 bits per heavy atom. The molecule has 0 spiro atoms. The van der Waals surface area contributed by atoms with Crippen molar-refractivity contribution in [2.75, 3.05) is 40.7 Å². The number of nitrogens with one attached hydrogen (secondary N) is 1. The Morgan fingerprint density at radius 2 is 1.48 bits per heavy atom. The first-order valence-corrected chi connectivity index (χ1v) is 9.98. The lowest BCUT2D eigenvalue weighted by atomic mass is 10.1. The average molecular weight is 420 g/mol. The van der Waals surface area contributed by atoms with Gasteiger partial charge in [-0.25, -0.2) is 12.7 Å². The van der Waals surface area contributed by atoms with Crippen LogP contribution in [0.1, 0.15) is 5.56 Å². The molecule has 0 aliphatic rings. The van der Waals surface area contributed by atoms with Gasteiger partial charge in [-0.2, -0.15) is 0 Å². The van der Waals surface area contributed by atoms with Crippen LogP contribution in [0.2, 0.25) is 0 Å². The van der Waals surface area contributed by atoms with E-state index in [9.17, 15) is 13.2 Å². The standard InChI is InChI=1S/C20H24N2O6S/c1-22(2)29(24,25)16-9-7-15(8-10-16)21-20(23)11-6-14-12-18(27-4)19(28-5)13-17(14)26-3/h6-13H,1-5H3,(H,21,23)/b11-6+. The molecule has 156 valence electrons. The molecule has 8 nitrogen and oxygen atoms in total. The molecular formula is C20H24N2O6S. The molecule has 0 saturated carbocycles. The number of nitrogens with zero attached hydrogens (tertiary/aromatic N) is 1. The van der Waals surface area contributed by atoms with Crippen molar-refractivity contribution in [2.24, 2.45) is 0 Å². The van der Waals surface area contributed by atoms with Gasteiger partial charge in [0.25, 0.3) is 0 Å². The first-order chi connectivity index (χ1) is 13.7. The Labute approximate surface area is 170 Å². The minimum absolute atomic E-state index is 0.145. The van der Waals surface area contributed by atoms with Crippen molar-refractivity contribution in [1.29, 1.82) is 0 Å². The Hall–Kier alpha value is -3.04. The maximum Gasteiger partial charge on any atom is 0.248 e. The van der Waals surface area contributed by atoms with Gasteiger partial charge < -0.3 is 19.5 Å². The van der Waals surface area contributed by atoms with E-state index in [1.54, 1.807) is 18.2 Å². The molecule has 0 aliphatic heterocycles. The number of sulfonamides is 1. The molecule has 0 fully saturated rings. The molecule has 0 heterocycles. The number of carbonyl (C=O) groups is 1. The second-order valence-electron chi connectivity index (χ2n) is 6.08. The average Bonchev–Trinajstić information content (AvgIpc) is 2.71. The van der Waals surface area contributed by atoms with Gasteiger partial charge in [0.05, 0.1) is 26.2 Å². The lowest BCUT2D eigenvalue weighted by molar-refractivity contribution is -0.111. The fourth-order valence-corrected chi connectivity index (χ4v) is 3.36. The van der Waals surface area contributed by atoms with E-state index in [4.69, 9.17) is 14.2 Å². The minimum atomic E-state index is -3.52. The molecule has 1 N–H and O–H groups in total. The summed E-state index contributed by atoms with van der Waals surface area (Å²) in [5.41, 5.74) is 1.10. The van der Waals surface area contributed by atoms with Gasteiger partial charge in [0.15, 0.2) is 11.5 Å². The SMILES string of the molecule is COc1cc(OC)c(OC)cc1/C=C/C(=O)Nc1ccc(S(=O)(=O)N(C)C)cc1. The molecule has 0 radical (unpaired) electrons. The van der Waals surface area contributed by atoms with Crippen LogP contribution in [0.4, 0.5) is 5.69 Å². The van der Waals surface area contributed by atoms with Crippen LogP contribution in [0, 0.1) is 0 Å². The second kappa shape index (κ2) is 9.44. The molecule has 0 atom stereocenters. The number of hydrogen-bond acceptors (Lipinski definition) is 6. The molecule has 29 heavy (non-hydrogen) atoms. The summed E-state index contributed by atoms with van der Waals surface area (Å²) in [6.45, 7) is 0. The molecule has 9 heteroatoms. The molecule has 2 aromatic carbocycles. The first kappa shape index (κ1) is 22.3. The summed E-state index contributed by atoms with van der Waals surface area (Å²) in [5, 5.41) is 2.68. The van der Waals surface area contributed by atoms with Crippen molar-refractivity contribution in [2.45, 2.75) is 4.90 Å². The predicted octanol–water partition coefficient (Wildman–Crippen LogP) is 2.61. The highest BCUT2D eigenvalue weighted by molar-refractivity contribution is 7.89. The monoisotopic (exact) mass is 420 g/mol. The molecule has 0 aromatic heterocycles. The number of rotatable bonds is 8. The van der Waals surface area contributed by atoms with E-state index in [0.29, 0.717) is 28.5 Å². The lowest BCUT2D eigenvalue weighted by Crippen LogP contribution is -2.22. The smallest absolute Gasteiger partial charge is 0.248 e. The number of anilines is 1. The van der Waals surface area contributed by atoms with Crippen LogP contribution in [-0.4, -0.2) is 54.1 Å². The Morgan fingerprint density at radius 3 is 2.00 bits per heavy atom. The highest BCUT2D eigenvalue weighted by Crippen LogP contribution is 2.35. The third-order valence-corrected chi connectivity index (χ3v) is 5.88. The zero-order valence-electron chi connectivity index (χ0n) is 16.9. The molecule has 1 amide bonds. The van der Waals surface area contributed by atoms with E-state index < -0.39 is 10.0 Å². The van der Waals surface area contributed by atoms with Gasteiger partial charge in [-0.15, -0.1) is 0 Å². The largest absolute Gasteiger partial charge is 0.496 e. The van der Waals surface area contributed by atoms with Crippen LogP contribution in [0.5, 0.6) is 17.2 Å². The van der Waals surface area contributed by atoms with Gasteiger partial charge in [0.2, 0.25) is 15.9 Å². The van der Waals surface area contributed by atoms with Crippen molar-refractivity contribution in [3.8, 4) is 17.2 Å². The van der Waals surface area contributed by atoms with Crippen LogP contribution in [0.3, 0.4) is 0 Å². The van der Waals surface area contributed by atoms with Crippen molar-refractivity contribution < 1.29 is 27.4 Å². The van der Waals surface area contributed by atoms with Crippen LogP contribution >= 0.6 is 0 Å². The van der Waals surface area contributed by atoms with Crippen LogP contribution in [-0.2, 0) is 14.8 Å². The van der Waals surface area contributed by atoms with E-state index in [0.717, 1.165) is 4.31 Å². The molecule has 0 unspecified atom stereocenters. The fourth-order valence-electron chi connectivity index (χ4n) is 2.45. The topological polar surface area (TPSA) is 94.2 Å². The van der Waals surface area contributed by atoms with Crippen LogP contribution in [0.15, 0.2) is 47.4 Å². The summed E-state index contributed by atoms with van der Waals surface area (Å²) < 4.78 is 41.1. The number of ether oxygens (including phenoxy) is 3. The fraction of sp³-hybridized carbons (Fsp3) is 0.250. The second-order valence-corrected chi connectivity index (χ2v) is 8.24. The zero-order valence-corrected chi connectivity index (χ0v) is 17.7. The molecular weight excluding hydrogens is 396 g/mol. The number of benzene rings is 2. The third kappa shape index (κ3) is 5.27. The number of methoxy groups -OCH3 is 3. The molecule has 0 bridgehead atoms. The Balaban J connectivity index is 2.16. The van der Waals surface area contributed by atoms with Crippen molar-refractivity contribution in [1.82, 2.24) is 4.31 Å². The normalized spacial score (nSPS) is 11.5. The van der Waals surface area contributed by atoms with Crippen molar-refractivity contribution in [3.63, 3.8) is 0 Å². The van der Waals surface area contributed by atoms with E-state index in [1.807, 2.05) is 0 Å². The van der Waals surface area contributed by atoms with Gasteiger partial charge in [-0.3, -0.25) is 4.79 Å². The first-order valence-electron chi connectivity index (χ1n) is 8.54. The minimum Gasteiger partial charge on any atom is -0.496 e. The molecule has 0 aliphatic carbocycles. The van der Waals surface area contributed by atoms with Gasteiger partial charge in [-0.1, -0.05) is 0 Å². The van der Waals surface area contributed by atoms with Crippen LogP contribution in [0.25, 0.3) is 6.08 Å². The van der Waals surface area contributed by atoms with Crippen LogP contribution < -0.4 is 19.5 Å².